The predicted molar refractivity (Wildman–Crippen MR) is 79.9 cm³/mol. The van der Waals surface area contributed by atoms with E-state index in [0.717, 1.165) is 19.6 Å². The Hall–Kier alpha value is -0.610. The van der Waals surface area contributed by atoms with Crippen LogP contribution in [0.2, 0.25) is 0 Å². The van der Waals surface area contributed by atoms with Gasteiger partial charge >= 0.3 is 0 Å². The van der Waals surface area contributed by atoms with Crippen LogP contribution in [0.3, 0.4) is 0 Å². The number of likely N-dealkylation sites (tertiary alicyclic amines) is 1. The summed E-state index contributed by atoms with van der Waals surface area (Å²) in [6.07, 6.45) is 1.17. The van der Waals surface area contributed by atoms with E-state index in [1.807, 2.05) is 27.7 Å². The van der Waals surface area contributed by atoms with E-state index in [1.165, 1.54) is 6.42 Å². The Balaban J connectivity index is 2.44. The van der Waals surface area contributed by atoms with Crippen molar-refractivity contribution in [2.24, 2.45) is 17.1 Å². The molecule has 1 rings (SSSR count). The quantitative estimate of drug-likeness (QED) is 0.797. The van der Waals surface area contributed by atoms with Crippen LogP contribution in [0, 0.1) is 11.3 Å². The maximum atomic E-state index is 12.3. The lowest BCUT2D eigenvalue weighted by Gasteiger charge is -2.37. The number of hydrogen-bond donors (Lipinski definition) is 2. The first-order chi connectivity index (χ1) is 8.55. The summed E-state index contributed by atoms with van der Waals surface area (Å²) in [5.41, 5.74) is 5.02. The maximum absolute atomic E-state index is 12.3. The average molecular weight is 269 g/mol. The topological polar surface area (TPSA) is 58.4 Å². The van der Waals surface area contributed by atoms with Crippen LogP contribution < -0.4 is 11.1 Å². The highest BCUT2D eigenvalue weighted by atomic mass is 16.2. The molecular weight excluding hydrogens is 238 g/mol. The zero-order valence-corrected chi connectivity index (χ0v) is 13.4. The molecule has 0 saturated carbocycles. The lowest BCUT2D eigenvalue weighted by molar-refractivity contribution is -0.132. The van der Waals surface area contributed by atoms with Crippen LogP contribution in [0.15, 0.2) is 0 Å². The van der Waals surface area contributed by atoms with Gasteiger partial charge in [0.25, 0.3) is 0 Å². The van der Waals surface area contributed by atoms with Crippen molar-refractivity contribution in [3.05, 3.63) is 0 Å². The number of nitrogens with one attached hydrogen (secondary N) is 1. The Bertz CT molecular complexity index is 318. The van der Waals surface area contributed by atoms with Gasteiger partial charge in [-0.3, -0.25) is 4.79 Å². The van der Waals surface area contributed by atoms with E-state index in [0.29, 0.717) is 12.0 Å². The maximum Gasteiger partial charge on any atom is 0.227 e. The van der Waals surface area contributed by atoms with E-state index in [9.17, 15) is 4.79 Å². The molecule has 112 valence electrons. The number of nitrogens with two attached hydrogens (primary N) is 1. The van der Waals surface area contributed by atoms with Crippen molar-refractivity contribution < 1.29 is 4.79 Å². The van der Waals surface area contributed by atoms with Crippen LogP contribution in [0.25, 0.3) is 0 Å². The molecule has 0 radical (unpaired) electrons. The summed E-state index contributed by atoms with van der Waals surface area (Å²) in [5, 5.41) is 3.09. The van der Waals surface area contributed by atoms with Crippen molar-refractivity contribution >= 4 is 5.91 Å². The molecule has 1 heterocycles. The summed E-state index contributed by atoms with van der Waals surface area (Å²) < 4.78 is 0. The van der Waals surface area contributed by atoms with Crippen LogP contribution in [0.5, 0.6) is 0 Å². The van der Waals surface area contributed by atoms with Gasteiger partial charge < -0.3 is 16.0 Å². The Morgan fingerprint density at radius 1 is 1.37 bits per heavy atom. The van der Waals surface area contributed by atoms with Gasteiger partial charge in [-0.25, -0.2) is 0 Å². The molecule has 0 aromatic rings. The SMILES string of the molecule is CC(C)N1CCC(CNC(=O)C(C)(C)C(C)(C)N)C1. The summed E-state index contributed by atoms with van der Waals surface area (Å²) in [6.45, 7) is 15.1. The van der Waals surface area contributed by atoms with E-state index < -0.39 is 11.0 Å². The highest BCUT2D eigenvalue weighted by molar-refractivity contribution is 5.83. The average Bonchev–Trinajstić information content (AvgIpc) is 2.72. The number of carbonyl (C=O) groups excluding carboxylic acids is 1. The van der Waals surface area contributed by atoms with E-state index in [4.69, 9.17) is 5.73 Å². The van der Waals surface area contributed by atoms with Gasteiger partial charge in [0, 0.05) is 24.7 Å². The van der Waals surface area contributed by atoms with Crippen LogP contribution in [-0.4, -0.2) is 42.0 Å². The van der Waals surface area contributed by atoms with Crippen LogP contribution in [0.1, 0.15) is 48.0 Å². The molecule has 4 nitrogen and oxygen atoms in total. The third kappa shape index (κ3) is 3.93. The number of nitrogens with zero attached hydrogens (tertiary/aromatic N) is 1. The first-order valence-electron chi connectivity index (χ1n) is 7.37. The van der Waals surface area contributed by atoms with Gasteiger partial charge in [-0.15, -0.1) is 0 Å². The minimum absolute atomic E-state index is 0.0583. The van der Waals surface area contributed by atoms with Gasteiger partial charge in [0.05, 0.1) is 5.41 Å². The summed E-state index contributed by atoms with van der Waals surface area (Å²) in [7, 11) is 0. The van der Waals surface area contributed by atoms with E-state index in [1.54, 1.807) is 0 Å². The van der Waals surface area contributed by atoms with Crippen molar-refractivity contribution in [3.63, 3.8) is 0 Å². The molecule has 1 fully saturated rings. The van der Waals surface area contributed by atoms with Crippen LogP contribution in [0.4, 0.5) is 0 Å². The normalized spacial score (nSPS) is 22.0. The molecule has 0 spiro atoms. The fourth-order valence-corrected chi connectivity index (χ4v) is 2.25. The first-order valence-corrected chi connectivity index (χ1v) is 7.37. The minimum Gasteiger partial charge on any atom is -0.355 e. The smallest absolute Gasteiger partial charge is 0.227 e. The summed E-state index contributed by atoms with van der Waals surface area (Å²) in [5.74, 6) is 0.631. The summed E-state index contributed by atoms with van der Waals surface area (Å²) in [4.78, 5) is 14.7. The zero-order chi connectivity index (χ0) is 14.8. The molecule has 0 aromatic carbocycles. The van der Waals surface area contributed by atoms with Crippen molar-refractivity contribution in [2.75, 3.05) is 19.6 Å². The van der Waals surface area contributed by atoms with Crippen molar-refractivity contribution in [3.8, 4) is 0 Å². The highest BCUT2D eigenvalue weighted by Crippen LogP contribution is 2.28. The van der Waals surface area contributed by atoms with E-state index >= 15 is 0 Å². The van der Waals surface area contributed by atoms with Crippen LogP contribution >= 0.6 is 0 Å². The van der Waals surface area contributed by atoms with Crippen molar-refractivity contribution in [2.45, 2.75) is 59.5 Å². The summed E-state index contributed by atoms with van der Waals surface area (Å²) >= 11 is 0. The van der Waals surface area contributed by atoms with Gasteiger partial charge in [-0.05, 0) is 60.4 Å². The molecule has 1 aliphatic rings. The zero-order valence-electron chi connectivity index (χ0n) is 13.4. The number of amides is 1. The Morgan fingerprint density at radius 2 is 1.95 bits per heavy atom. The molecule has 0 aliphatic carbocycles. The monoisotopic (exact) mass is 269 g/mol. The van der Waals surface area contributed by atoms with E-state index in [2.05, 4.69) is 24.1 Å². The fourth-order valence-electron chi connectivity index (χ4n) is 2.25. The molecular formula is C15H31N3O. The lowest BCUT2D eigenvalue weighted by Crippen LogP contribution is -2.56. The molecule has 3 N–H and O–H groups in total. The Morgan fingerprint density at radius 3 is 2.37 bits per heavy atom. The third-order valence-electron chi connectivity index (χ3n) is 4.78. The van der Waals surface area contributed by atoms with Gasteiger partial charge in [0.1, 0.15) is 0 Å². The fraction of sp³-hybridized carbons (Fsp3) is 0.933. The molecule has 1 aliphatic heterocycles. The molecule has 19 heavy (non-hydrogen) atoms. The lowest BCUT2D eigenvalue weighted by atomic mass is 9.74. The third-order valence-corrected chi connectivity index (χ3v) is 4.78. The molecule has 1 amide bonds. The number of hydrogen-bond acceptors (Lipinski definition) is 3. The minimum atomic E-state index is -0.552. The Labute approximate surface area is 118 Å². The number of carbonyl (C=O) groups is 1. The van der Waals surface area contributed by atoms with Crippen molar-refractivity contribution in [1.82, 2.24) is 10.2 Å². The second-order valence-electron chi connectivity index (χ2n) is 7.30. The van der Waals surface area contributed by atoms with Crippen LogP contribution in [-0.2, 0) is 4.79 Å². The second kappa shape index (κ2) is 5.80. The van der Waals surface area contributed by atoms with Crippen molar-refractivity contribution in [1.29, 1.82) is 0 Å². The predicted octanol–water partition coefficient (Wildman–Crippen LogP) is 1.60. The first kappa shape index (κ1) is 16.4. The summed E-state index contributed by atoms with van der Waals surface area (Å²) in [6, 6.07) is 0.597. The largest absolute Gasteiger partial charge is 0.355 e. The standard InChI is InChI=1S/C15H31N3O/c1-11(2)18-8-7-12(10-18)9-17-13(19)14(3,4)15(5,6)16/h11-12H,7-10,16H2,1-6H3,(H,17,19). The molecule has 0 aromatic heterocycles. The van der Waals surface area contributed by atoms with Gasteiger partial charge in [-0.2, -0.15) is 0 Å². The van der Waals surface area contributed by atoms with Gasteiger partial charge in [0.2, 0.25) is 5.91 Å². The Kier molecular flexibility index (Phi) is 5.02. The molecule has 1 unspecified atom stereocenters. The highest BCUT2D eigenvalue weighted by Gasteiger charge is 2.40. The molecule has 1 atom stereocenters. The van der Waals surface area contributed by atoms with Gasteiger partial charge in [-0.1, -0.05) is 0 Å². The second-order valence-corrected chi connectivity index (χ2v) is 7.30. The van der Waals surface area contributed by atoms with E-state index in [-0.39, 0.29) is 5.91 Å². The number of rotatable bonds is 5. The molecule has 4 heteroatoms. The molecule has 1 saturated heterocycles. The van der Waals surface area contributed by atoms with Gasteiger partial charge in [0.15, 0.2) is 0 Å². The molecule has 0 bridgehead atoms.